The van der Waals surface area contributed by atoms with Crippen LogP contribution < -0.4 is 57.5 Å². The summed E-state index contributed by atoms with van der Waals surface area (Å²) in [7, 11) is 16.0. The lowest BCUT2D eigenvalue weighted by Crippen LogP contribution is -2.24. The van der Waals surface area contributed by atoms with Crippen LogP contribution in [-0.2, 0) is 0 Å². The Hall–Kier alpha value is -12.2. The lowest BCUT2D eigenvalue weighted by molar-refractivity contribution is 0.864. The third-order valence-corrected chi connectivity index (χ3v) is 19.1. The van der Waals surface area contributed by atoms with Gasteiger partial charge in [-0.3, -0.25) is 0 Å². The minimum atomic E-state index is 0.559. The van der Waals surface area contributed by atoms with Crippen LogP contribution >= 0.6 is 0 Å². The van der Waals surface area contributed by atoms with Gasteiger partial charge in [0.15, 0.2) is 0 Å². The molecule has 16 heteroatoms. The molecule has 2 aliphatic rings. The van der Waals surface area contributed by atoms with E-state index in [0.717, 1.165) is 166 Å². The van der Waals surface area contributed by atoms with E-state index in [0.29, 0.717) is 22.4 Å². The Labute approximate surface area is 618 Å². The van der Waals surface area contributed by atoms with Gasteiger partial charge in [-0.15, -0.1) is 0 Å². The minimum absolute atomic E-state index is 0.559. The number of hydrogen-bond donors (Lipinski definition) is 0. The van der Waals surface area contributed by atoms with Gasteiger partial charge in [0.2, 0.25) is 68.3 Å². The molecule has 16 nitrogen and oxygen atoms in total. The standard InChI is InChI=1S/C48H58N8.C40H42N8/c1-9-51(10-2)39-17-21-41(22-18-39)55(47-31-29-45(33-37(47)35-49)53(13-5)14-6)43-25-27-44(28-26-43)56(42-23-19-40(20-24-42)52(11-3)12-4)48-32-30-46(34-38(48)36-50)54(15-7)16-8;1-42-38-27-37(46(8)9)23-25-40(38)48(34-16-12-31(13-17-34)44(4)5)35-20-18-33(19-21-35)47(32-14-10-30(11-15-32)43(2)3)39-24-22-36(45(6)7)26-29(39)28-41/h17-34H,9-16H2,1-8H3;10-27H,2-9H3/q2*+2. The number of rotatable bonds is 24. The fourth-order valence-electron chi connectivity index (χ4n) is 13.2. The normalized spacial score (nSPS) is 11.9. The van der Waals surface area contributed by atoms with Gasteiger partial charge in [-0.05, 0) is 152 Å². The van der Waals surface area contributed by atoms with Crippen molar-refractivity contribution in [1.29, 1.82) is 15.8 Å². The molecule has 10 rings (SSSR count). The van der Waals surface area contributed by atoms with Crippen molar-refractivity contribution in [1.82, 2.24) is 18.3 Å². The number of benzene rings is 8. The van der Waals surface area contributed by atoms with Gasteiger partial charge < -0.3 is 39.2 Å². The van der Waals surface area contributed by atoms with Crippen molar-refractivity contribution in [2.45, 2.75) is 55.4 Å². The Morgan fingerprint density at radius 2 is 0.490 bits per heavy atom. The van der Waals surface area contributed by atoms with Gasteiger partial charge in [0, 0.05) is 276 Å². The highest BCUT2D eigenvalue weighted by atomic mass is 15.2. The zero-order valence-electron chi connectivity index (χ0n) is 63.6. The highest BCUT2D eigenvalue weighted by Crippen LogP contribution is 2.38. The van der Waals surface area contributed by atoms with Crippen LogP contribution in [0.4, 0.5) is 96.7 Å². The molecule has 0 bridgehead atoms. The second-order valence-corrected chi connectivity index (χ2v) is 25.9. The molecule has 8 aromatic rings. The second-order valence-electron chi connectivity index (χ2n) is 25.9. The Kier molecular flexibility index (Phi) is 25.8. The van der Waals surface area contributed by atoms with Gasteiger partial charge in [-0.2, -0.15) is 34.1 Å². The van der Waals surface area contributed by atoms with Gasteiger partial charge >= 0.3 is 0 Å². The molecule has 8 aromatic carbocycles. The fraction of sp³-hybridized carbons (Fsp3) is 0.273. The first-order valence-electron chi connectivity index (χ1n) is 36.0. The summed E-state index contributed by atoms with van der Waals surface area (Å²) >= 11 is 0. The topological polar surface area (TPSA) is 114 Å². The molecule has 0 fully saturated rings. The number of hydrogen-bond acceptors (Lipinski definition) is 11. The first-order chi connectivity index (χ1) is 50.3. The number of anilines is 8. The molecule has 0 atom stereocenters. The largest absolute Gasteiger partial charge is 0.379 e. The lowest BCUT2D eigenvalue weighted by atomic mass is 10.1. The maximum absolute atomic E-state index is 10.5. The SMILES string of the molecule is CCN(CC)c1ccc([N+](=C2C=CC(=[N+](c3ccc(N(CC)CC)cc3)c3ccc(N(CC)CC)cc3C#N)C=C2)c2ccc(N(CC)CC)cc2C#N)cc1.[C-]#[N+]c1cc(N(C)C)ccc1[N+](=C1C=CC(=[N+](c2ccc(N(C)C)cc2)c2ccc(N(C)C)cc2C#N)C=C1)c1ccc(N(C)C)cc1. The average Bonchev–Trinajstić information content (AvgIpc) is 0.784. The van der Waals surface area contributed by atoms with Crippen LogP contribution in [0.1, 0.15) is 72.1 Å². The summed E-state index contributed by atoms with van der Waals surface area (Å²) in [4.78, 5) is 21.3. The van der Waals surface area contributed by atoms with E-state index in [-0.39, 0.29) is 0 Å². The molecule has 0 amide bonds. The number of nitrogens with zero attached hydrogens (tertiary/aromatic N) is 16. The van der Waals surface area contributed by atoms with Crippen LogP contribution in [0.2, 0.25) is 0 Å². The molecule has 0 aromatic heterocycles. The summed E-state index contributed by atoms with van der Waals surface area (Å²) in [5, 5.41) is 31.4. The summed E-state index contributed by atoms with van der Waals surface area (Å²) < 4.78 is 8.58. The molecule has 0 heterocycles. The maximum atomic E-state index is 10.5. The van der Waals surface area contributed by atoms with E-state index >= 15 is 0 Å². The van der Waals surface area contributed by atoms with E-state index in [1.807, 2.05) is 115 Å². The third kappa shape index (κ3) is 17.0. The molecular weight excluding hydrogens is 1280 g/mol. The number of allylic oxidation sites excluding steroid dienone is 8. The van der Waals surface area contributed by atoms with Crippen LogP contribution in [-0.4, -0.2) is 132 Å². The van der Waals surface area contributed by atoms with Crippen LogP contribution in [0.25, 0.3) is 4.85 Å². The molecule has 0 saturated carbocycles. The number of nitriles is 3. The molecule has 528 valence electrons. The van der Waals surface area contributed by atoms with Crippen molar-refractivity contribution < 1.29 is 0 Å². The third-order valence-electron chi connectivity index (χ3n) is 19.1. The zero-order chi connectivity index (χ0) is 74.7. The van der Waals surface area contributed by atoms with Crippen molar-refractivity contribution in [2.75, 3.05) is 148 Å². The molecule has 104 heavy (non-hydrogen) atoms. The Morgan fingerprint density at radius 1 is 0.279 bits per heavy atom. The predicted molar refractivity (Wildman–Crippen MR) is 446 cm³/mol. The quantitative estimate of drug-likeness (QED) is 0.0327. The highest BCUT2D eigenvalue weighted by molar-refractivity contribution is 6.22. The van der Waals surface area contributed by atoms with E-state index in [9.17, 15) is 15.8 Å². The smallest absolute Gasteiger partial charge is 0.259 e. The monoisotopic (exact) mass is 1380 g/mol. The Morgan fingerprint density at radius 3 is 0.740 bits per heavy atom. The molecule has 0 unspecified atom stereocenters. The minimum Gasteiger partial charge on any atom is -0.379 e. The Balaban J connectivity index is 0.000000244. The van der Waals surface area contributed by atoms with Gasteiger partial charge in [0.1, 0.15) is 34.9 Å². The summed E-state index contributed by atoms with van der Waals surface area (Å²) in [6.07, 6.45) is 16.7. The van der Waals surface area contributed by atoms with Gasteiger partial charge in [0.25, 0.3) is 5.69 Å². The summed E-state index contributed by atoms with van der Waals surface area (Å²) in [6.45, 7) is 32.4. The van der Waals surface area contributed by atoms with Gasteiger partial charge in [-0.1, -0.05) is 0 Å². The van der Waals surface area contributed by atoms with Crippen molar-refractivity contribution >= 4 is 120 Å². The van der Waals surface area contributed by atoms with Gasteiger partial charge in [-0.25, -0.2) is 4.85 Å². The molecule has 0 aliphatic heterocycles. The van der Waals surface area contributed by atoms with E-state index < -0.39 is 0 Å². The summed E-state index contributed by atoms with van der Waals surface area (Å²) in [5.41, 5.74) is 21.5. The fourth-order valence-corrected chi connectivity index (χ4v) is 13.2. The van der Waals surface area contributed by atoms with E-state index in [1.165, 1.54) is 0 Å². The average molecular weight is 1380 g/mol. The lowest BCUT2D eigenvalue weighted by Gasteiger charge is -2.22. The van der Waals surface area contributed by atoms with Crippen molar-refractivity contribution in [3.05, 3.63) is 247 Å². The summed E-state index contributed by atoms with van der Waals surface area (Å²) in [5.74, 6) is 0. The maximum Gasteiger partial charge on any atom is 0.259 e. The van der Waals surface area contributed by atoms with Crippen LogP contribution in [0.5, 0.6) is 0 Å². The van der Waals surface area contributed by atoms with E-state index in [4.69, 9.17) is 6.57 Å². The van der Waals surface area contributed by atoms with E-state index in [2.05, 4.69) is 296 Å². The van der Waals surface area contributed by atoms with E-state index in [1.54, 1.807) is 0 Å². The van der Waals surface area contributed by atoms with Gasteiger partial charge in [0.05, 0.1) is 6.57 Å². The molecule has 0 N–H and O–H groups in total. The van der Waals surface area contributed by atoms with Crippen molar-refractivity contribution in [3.63, 3.8) is 0 Å². The summed E-state index contributed by atoms with van der Waals surface area (Å²) in [6, 6.07) is 65.7. The zero-order valence-corrected chi connectivity index (χ0v) is 63.6. The molecular formula is C88H100N16+4. The first-order valence-corrected chi connectivity index (χ1v) is 36.0. The second kappa shape index (κ2) is 35.4. The molecule has 0 spiro atoms. The first kappa shape index (κ1) is 76.0. The van der Waals surface area contributed by atoms with Crippen molar-refractivity contribution in [2.24, 2.45) is 0 Å². The molecule has 0 radical (unpaired) electrons. The van der Waals surface area contributed by atoms with Crippen LogP contribution in [0, 0.1) is 40.6 Å². The molecule has 0 saturated heterocycles. The van der Waals surface area contributed by atoms with Crippen LogP contribution in [0.3, 0.4) is 0 Å². The Bertz CT molecular complexity index is 4460. The highest BCUT2D eigenvalue weighted by Gasteiger charge is 2.31. The predicted octanol–water partition coefficient (Wildman–Crippen LogP) is 17.9. The van der Waals surface area contributed by atoms with Crippen molar-refractivity contribution in [3.8, 4) is 18.2 Å². The molecule has 2 aliphatic carbocycles. The van der Waals surface area contributed by atoms with Crippen LogP contribution in [0.15, 0.2) is 218 Å².